The van der Waals surface area contributed by atoms with E-state index < -0.39 is 0 Å². The number of benzene rings is 2. The van der Waals surface area contributed by atoms with Crippen LogP contribution < -0.4 is 10.6 Å². The molecule has 4 heteroatoms. The first-order valence-electron chi connectivity index (χ1n) is 10.1. The van der Waals surface area contributed by atoms with Gasteiger partial charge < -0.3 is 10.6 Å². The zero-order valence-electron chi connectivity index (χ0n) is 16.9. The smallest absolute Gasteiger partial charge is 0.102 e. The molecular weight excluding hydrogens is 344 g/mol. The lowest BCUT2D eigenvalue weighted by atomic mass is 9.82. The number of nitrogens with zero attached hydrogens (tertiary/aromatic N) is 3. The Hall–Kier alpha value is -2.98. The van der Waals surface area contributed by atoms with Gasteiger partial charge in [0, 0.05) is 25.3 Å². The lowest BCUT2D eigenvalue weighted by molar-refractivity contribution is 0.581. The second kappa shape index (κ2) is 8.81. The van der Waals surface area contributed by atoms with Crippen molar-refractivity contribution in [1.29, 1.82) is 10.5 Å². The summed E-state index contributed by atoms with van der Waals surface area (Å²) < 4.78 is 0. The Balaban J connectivity index is 2.26. The van der Waals surface area contributed by atoms with Crippen molar-refractivity contribution in [1.82, 2.24) is 0 Å². The van der Waals surface area contributed by atoms with E-state index in [0.717, 1.165) is 53.6 Å². The van der Waals surface area contributed by atoms with E-state index in [9.17, 15) is 10.5 Å². The van der Waals surface area contributed by atoms with Gasteiger partial charge in [-0.05, 0) is 54.5 Å². The maximum atomic E-state index is 9.90. The van der Waals surface area contributed by atoms with Gasteiger partial charge in [-0.25, -0.2) is 0 Å². The van der Waals surface area contributed by atoms with Gasteiger partial charge in [-0.3, -0.25) is 0 Å². The lowest BCUT2D eigenvalue weighted by Gasteiger charge is -2.22. The van der Waals surface area contributed by atoms with Crippen LogP contribution >= 0.6 is 0 Å². The van der Waals surface area contributed by atoms with Crippen LogP contribution in [0.4, 0.5) is 11.4 Å². The number of nitrogens with two attached hydrogens (primary N) is 1. The van der Waals surface area contributed by atoms with E-state index in [1.54, 1.807) is 0 Å². The Labute approximate surface area is 168 Å². The Morgan fingerprint density at radius 2 is 1.32 bits per heavy atom. The second-order valence-corrected chi connectivity index (χ2v) is 7.78. The summed E-state index contributed by atoms with van der Waals surface area (Å²) in [6.45, 7) is 0. The van der Waals surface area contributed by atoms with E-state index >= 15 is 0 Å². The van der Waals surface area contributed by atoms with Gasteiger partial charge in [0.2, 0.25) is 0 Å². The summed E-state index contributed by atoms with van der Waals surface area (Å²) in [4.78, 5) is 2.06. The Morgan fingerprint density at radius 3 is 1.86 bits per heavy atom. The largest absolute Gasteiger partial charge is 0.397 e. The van der Waals surface area contributed by atoms with Crippen LogP contribution in [0.15, 0.2) is 24.3 Å². The van der Waals surface area contributed by atoms with Crippen LogP contribution in [-0.2, 0) is 12.8 Å². The highest BCUT2D eigenvalue weighted by Crippen LogP contribution is 2.39. The number of nitrogen functional groups attached to an aromatic ring is 1. The van der Waals surface area contributed by atoms with Crippen LogP contribution in [0.1, 0.15) is 60.8 Å². The fourth-order valence-corrected chi connectivity index (χ4v) is 4.23. The van der Waals surface area contributed by atoms with E-state index in [2.05, 4.69) is 41.3 Å². The molecule has 0 atom stereocenters. The summed E-state index contributed by atoms with van der Waals surface area (Å²) in [6, 6.07) is 12.9. The summed E-state index contributed by atoms with van der Waals surface area (Å²) >= 11 is 0. The van der Waals surface area contributed by atoms with Crippen molar-refractivity contribution in [3.63, 3.8) is 0 Å². The molecule has 0 heterocycles. The van der Waals surface area contributed by atoms with Crippen LogP contribution in [0.3, 0.4) is 0 Å². The van der Waals surface area contributed by atoms with Gasteiger partial charge in [0.05, 0.1) is 16.8 Å². The number of anilines is 2. The molecule has 0 aliphatic heterocycles. The molecule has 4 nitrogen and oxygen atoms in total. The molecule has 3 rings (SSSR count). The number of hydrogen-bond acceptors (Lipinski definition) is 4. The van der Waals surface area contributed by atoms with E-state index in [-0.39, 0.29) is 0 Å². The fourth-order valence-electron chi connectivity index (χ4n) is 4.23. The van der Waals surface area contributed by atoms with Crippen LogP contribution in [-0.4, -0.2) is 14.1 Å². The lowest BCUT2D eigenvalue weighted by Crippen LogP contribution is -2.10. The minimum atomic E-state index is 0.340. The van der Waals surface area contributed by atoms with Crippen molar-refractivity contribution in [2.75, 3.05) is 24.7 Å². The monoisotopic (exact) mass is 372 g/mol. The molecule has 1 aliphatic carbocycles. The molecular formula is C24H28N4. The molecule has 28 heavy (non-hydrogen) atoms. The van der Waals surface area contributed by atoms with Gasteiger partial charge in [-0.15, -0.1) is 0 Å². The summed E-state index contributed by atoms with van der Waals surface area (Å²) in [7, 11) is 4.02. The summed E-state index contributed by atoms with van der Waals surface area (Å²) in [5.41, 5.74) is 12.9. The van der Waals surface area contributed by atoms with Gasteiger partial charge in [-0.1, -0.05) is 37.8 Å². The molecule has 2 N–H and O–H groups in total. The molecule has 0 unspecified atom stereocenters. The Kier molecular flexibility index (Phi) is 6.22. The summed E-state index contributed by atoms with van der Waals surface area (Å²) in [6.07, 6.45) is 8.76. The first-order chi connectivity index (χ1) is 13.6. The van der Waals surface area contributed by atoms with E-state index in [4.69, 9.17) is 5.73 Å². The molecule has 0 aromatic heterocycles. The van der Waals surface area contributed by atoms with Gasteiger partial charge in [0.15, 0.2) is 0 Å². The number of nitriles is 2. The van der Waals surface area contributed by atoms with Crippen molar-refractivity contribution in [2.24, 2.45) is 0 Å². The molecule has 2 aromatic carbocycles. The predicted octanol–water partition coefficient (Wildman–Crippen LogP) is 5.18. The number of hydrogen-bond donors (Lipinski definition) is 1. The fraction of sp³-hybridized carbons (Fsp3) is 0.417. The topological polar surface area (TPSA) is 76.8 Å². The van der Waals surface area contributed by atoms with Crippen LogP contribution in [0.5, 0.6) is 0 Å². The third-order valence-corrected chi connectivity index (χ3v) is 5.76. The molecule has 0 bridgehead atoms. The maximum absolute atomic E-state index is 9.90. The first kappa shape index (κ1) is 19.8. The van der Waals surface area contributed by atoms with E-state index in [1.165, 1.54) is 25.7 Å². The van der Waals surface area contributed by atoms with Gasteiger partial charge in [-0.2, -0.15) is 10.5 Å². The molecule has 0 saturated carbocycles. The van der Waals surface area contributed by atoms with E-state index in [1.807, 2.05) is 14.1 Å². The molecule has 0 spiro atoms. The molecule has 0 saturated heterocycles. The molecule has 0 amide bonds. The summed E-state index contributed by atoms with van der Waals surface area (Å²) in [5.74, 6) is 0. The van der Waals surface area contributed by atoms with Crippen LogP contribution in [0, 0.1) is 22.7 Å². The highest BCUT2D eigenvalue weighted by atomic mass is 15.1. The van der Waals surface area contributed by atoms with Crippen molar-refractivity contribution in [3.8, 4) is 23.3 Å². The zero-order valence-corrected chi connectivity index (χ0v) is 16.9. The standard InChI is InChI=1S/C24H28N4/c1-28(2)18-13-11-17(12-14-18)23-20-10-8-6-4-3-5-7-9-19(20)21(15-25)24(27)22(23)16-26/h11-14H,3-10,27H2,1-2H3. The van der Waals surface area contributed by atoms with Gasteiger partial charge >= 0.3 is 0 Å². The molecule has 0 radical (unpaired) electrons. The van der Waals surface area contributed by atoms with Gasteiger partial charge in [0.25, 0.3) is 0 Å². The third-order valence-electron chi connectivity index (χ3n) is 5.76. The Bertz CT molecular complexity index is 927. The second-order valence-electron chi connectivity index (χ2n) is 7.78. The Morgan fingerprint density at radius 1 is 0.786 bits per heavy atom. The van der Waals surface area contributed by atoms with Crippen molar-refractivity contribution < 1.29 is 0 Å². The predicted molar refractivity (Wildman–Crippen MR) is 115 cm³/mol. The average Bonchev–Trinajstić information content (AvgIpc) is 2.71. The normalized spacial score (nSPS) is 14.4. The third kappa shape index (κ3) is 3.82. The van der Waals surface area contributed by atoms with Crippen LogP contribution in [0.25, 0.3) is 11.1 Å². The highest BCUT2D eigenvalue weighted by Gasteiger charge is 2.23. The maximum Gasteiger partial charge on any atom is 0.102 e. The molecule has 144 valence electrons. The summed E-state index contributed by atoms with van der Waals surface area (Å²) in [5, 5.41) is 19.7. The molecule has 1 aliphatic rings. The molecule has 0 fully saturated rings. The minimum Gasteiger partial charge on any atom is -0.397 e. The number of fused-ring (bicyclic) bond motifs is 1. The minimum absolute atomic E-state index is 0.340. The van der Waals surface area contributed by atoms with Crippen molar-refractivity contribution >= 4 is 11.4 Å². The van der Waals surface area contributed by atoms with Crippen molar-refractivity contribution in [3.05, 3.63) is 46.5 Å². The highest BCUT2D eigenvalue weighted by molar-refractivity contribution is 5.85. The number of rotatable bonds is 2. The van der Waals surface area contributed by atoms with Crippen molar-refractivity contribution in [2.45, 2.75) is 51.4 Å². The van der Waals surface area contributed by atoms with Gasteiger partial charge in [0.1, 0.15) is 12.1 Å². The average molecular weight is 373 g/mol. The molecule has 2 aromatic rings. The van der Waals surface area contributed by atoms with Crippen LogP contribution in [0.2, 0.25) is 0 Å². The first-order valence-corrected chi connectivity index (χ1v) is 10.1. The van der Waals surface area contributed by atoms with E-state index in [0.29, 0.717) is 16.8 Å². The zero-order chi connectivity index (χ0) is 20.1. The quantitative estimate of drug-likeness (QED) is 0.736. The SMILES string of the molecule is CN(C)c1ccc(-c2c(C#N)c(N)c(C#N)c3c2CCCCCCCC3)cc1.